The van der Waals surface area contributed by atoms with Gasteiger partial charge in [-0.3, -0.25) is 20.5 Å². The van der Waals surface area contributed by atoms with E-state index in [1.807, 2.05) is 12.6 Å². The summed E-state index contributed by atoms with van der Waals surface area (Å²) in [5, 5.41) is 16.6. The summed E-state index contributed by atoms with van der Waals surface area (Å²) in [6, 6.07) is 0. The van der Waals surface area contributed by atoms with Crippen LogP contribution in [-0.2, 0) is 19.1 Å². The number of methoxy groups -OCH3 is 1. The second-order valence-corrected chi connectivity index (χ2v) is 17.8. The van der Waals surface area contributed by atoms with E-state index >= 15 is 0 Å². The highest BCUT2D eigenvalue weighted by molar-refractivity contribution is 5.99. The lowest BCUT2D eigenvalue weighted by molar-refractivity contribution is -0.149. The standard InChI is InChI=1S/C33H62N6O5.C18H38O/c1-3-5-6-7-11-16-22-29(4-2)43-30(41)23-17-12-10-14-19-26-39(25-18-13-8-9-15-20-28-40)27-21-24-35-33(36-42)31-32(34)38-44-37-31;1-4-6-8-10-12-14-16-18(19-3)17-15-13-11-9-7-5-2/h28-29,42H,3-27H2,1-2H3,(H2,34,38)(H,35,36);18H,4-17H2,1-3H3. The Kier molecular flexibility index (Phi) is 45.5. The number of carbonyl (C=O) groups excluding carboxylic acids is 2. The summed E-state index contributed by atoms with van der Waals surface area (Å²) in [5.74, 6) is 0.188. The fourth-order valence-electron chi connectivity index (χ4n) is 8.00. The summed E-state index contributed by atoms with van der Waals surface area (Å²) < 4.78 is 15.9. The quantitative estimate of drug-likeness (QED) is 0.0142. The Labute approximate surface area is 386 Å². The number of anilines is 1. The lowest BCUT2D eigenvalue weighted by atomic mass is 10.0. The number of aldehydes is 1. The van der Waals surface area contributed by atoms with Crippen molar-refractivity contribution in [1.29, 1.82) is 0 Å². The molecule has 0 saturated carbocycles. The first kappa shape index (κ1) is 60.4. The first-order valence-electron chi connectivity index (χ1n) is 26.3. The average molecular weight is 893 g/mol. The van der Waals surface area contributed by atoms with Crippen LogP contribution in [0.1, 0.15) is 258 Å². The zero-order valence-corrected chi connectivity index (χ0v) is 41.7. The molecule has 370 valence electrons. The van der Waals surface area contributed by atoms with Gasteiger partial charge in [-0.15, -0.1) is 0 Å². The summed E-state index contributed by atoms with van der Waals surface area (Å²) in [7, 11) is 1.89. The van der Waals surface area contributed by atoms with Gasteiger partial charge in [0.25, 0.3) is 0 Å². The highest BCUT2D eigenvalue weighted by Crippen LogP contribution is 2.17. The fourth-order valence-corrected chi connectivity index (χ4v) is 8.00. The van der Waals surface area contributed by atoms with E-state index in [0.717, 1.165) is 109 Å². The van der Waals surface area contributed by atoms with Crippen molar-refractivity contribution < 1.29 is 28.9 Å². The van der Waals surface area contributed by atoms with Gasteiger partial charge >= 0.3 is 5.97 Å². The first-order chi connectivity index (χ1) is 30.9. The maximum Gasteiger partial charge on any atom is 0.306 e. The molecule has 0 spiro atoms. The van der Waals surface area contributed by atoms with Gasteiger partial charge in [0.15, 0.2) is 17.3 Å². The van der Waals surface area contributed by atoms with Gasteiger partial charge in [0.05, 0.1) is 6.10 Å². The van der Waals surface area contributed by atoms with Gasteiger partial charge in [0.2, 0.25) is 0 Å². The van der Waals surface area contributed by atoms with Crippen molar-refractivity contribution in [1.82, 2.24) is 20.7 Å². The third kappa shape index (κ3) is 38.4. The van der Waals surface area contributed by atoms with Crippen LogP contribution in [0.2, 0.25) is 0 Å². The van der Waals surface area contributed by atoms with E-state index in [0.29, 0.717) is 25.5 Å². The molecule has 1 aromatic heterocycles. The van der Waals surface area contributed by atoms with Crippen molar-refractivity contribution in [3.05, 3.63) is 5.69 Å². The molecule has 1 unspecified atom stereocenters. The number of ether oxygens (including phenoxy) is 2. The number of nitrogen functional groups attached to an aromatic ring is 1. The molecule has 1 atom stereocenters. The van der Waals surface area contributed by atoms with E-state index in [-0.39, 0.29) is 29.4 Å². The SMILES string of the molecule is CCCCCCCCC(CC)OC(=O)CCCCCCCN(CCCCCCCC=O)CCCN=C(NO)c1nonc1N.CCCCCCCCC(CCCCCCCC)OC. The number of nitrogens with zero attached hydrogens (tertiary/aromatic N) is 4. The van der Waals surface area contributed by atoms with Crippen LogP contribution < -0.4 is 11.2 Å². The normalized spacial score (nSPS) is 12.2. The van der Waals surface area contributed by atoms with Crippen molar-refractivity contribution in [2.24, 2.45) is 4.99 Å². The minimum atomic E-state index is -0.0371. The van der Waals surface area contributed by atoms with Crippen molar-refractivity contribution in [3.63, 3.8) is 0 Å². The number of carbonyl (C=O) groups is 2. The van der Waals surface area contributed by atoms with E-state index in [4.69, 9.17) is 15.2 Å². The molecule has 0 aliphatic rings. The predicted octanol–water partition coefficient (Wildman–Crippen LogP) is 13.5. The van der Waals surface area contributed by atoms with Crippen molar-refractivity contribution in [2.45, 2.75) is 265 Å². The number of hydrogen-bond donors (Lipinski definition) is 3. The van der Waals surface area contributed by atoms with Crippen LogP contribution in [0.15, 0.2) is 9.62 Å². The Morgan fingerprint density at radius 3 is 1.59 bits per heavy atom. The number of nitrogens with one attached hydrogen (secondary N) is 1. The third-order valence-corrected chi connectivity index (χ3v) is 12.1. The van der Waals surface area contributed by atoms with E-state index in [9.17, 15) is 14.8 Å². The number of rotatable bonds is 45. The highest BCUT2D eigenvalue weighted by Gasteiger charge is 2.14. The largest absolute Gasteiger partial charge is 0.462 e. The Bertz CT molecular complexity index is 1140. The number of aliphatic imine (C=N–C) groups is 1. The van der Waals surface area contributed by atoms with Gasteiger partial charge in [-0.05, 0) is 94.2 Å². The molecule has 0 bridgehead atoms. The zero-order chi connectivity index (χ0) is 46.3. The monoisotopic (exact) mass is 893 g/mol. The predicted molar refractivity (Wildman–Crippen MR) is 263 cm³/mol. The Balaban J connectivity index is 0.00000169. The Morgan fingerprint density at radius 2 is 1.13 bits per heavy atom. The Hall–Kier alpha value is -2.57. The molecule has 63 heavy (non-hydrogen) atoms. The summed E-state index contributed by atoms with van der Waals surface area (Å²) in [5.41, 5.74) is 7.93. The van der Waals surface area contributed by atoms with Gasteiger partial charge in [-0.25, -0.2) is 4.63 Å². The second-order valence-electron chi connectivity index (χ2n) is 17.8. The molecule has 4 N–H and O–H groups in total. The number of hydrogen-bond acceptors (Lipinski definition) is 11. The van der Waals surface area contributed by atoms with Crippen LogP contribution >= 0.6 is 0 Å². The highest BCUT2D eigenvalue weighted by atomic mass is 16.6. The molecule has 1 heterocycles. The van der Waals surface area contributed by atoms with Crippen molar-refractivity contribution in [3.8, 4) is 0 Å². The lowest BCUT2D eigenvalue weighted by Crippen LogP contribution is -2.28. The van der Waals surface area contributed by atoms with Crippen LogP contribution in [0.5, 0.6) is 0 Å². The minimum absolute atomic E-state index is 0.0371. The molecule has 0 aromatic carbocycles. The molecular weight excluding hydrogens is 793 g/mol. The molecule has 0 fully saturated rings. The van der Waals surface area contributed by atoms with E-state index < -0.39 is 0 Å². The molecule has 0 radical (unpaired) electrons. The average Bonchev–Trinajstić information content (AvgIpc) is 3.72. The van der Waals surface area contributed by atoms with Crippen LogP contribution in [-0.4, -0.2) is 84.0 Å². The molecular formula is C51H100N6O6. The van der Waals surface area contributed by atoms with Crippen LogP contribution in [0.25, 0.3) is 0 Å². The number of unbranched alkanes of at least 4 members (excludes halogenated alkanes) is 24. The summed E-state index contributed by atoms with van der Waals surface area (Å²) in [6.45, 7) is 12.4. The molecule has 0 amide bonds. The lowest BCUT2D eigenvalue weighted by Gasteiger charge is -2.22. The van der Waals surface area contributed by atoms with E-state index in [1.165, 1.54) is 128 Å². The molecule has 12 nitrogen and oxygen atoms in total. The number of nitrogens with two attached hydrogens (primary N) is 1. The minimum Gasteiger partial charge on any atom is -0.462 e. The number of amidine groups is 1. The van der Waals surface area contributed by atoms with E-state index in [2.05, 4.69) is 52.5 Å². The van der Waals surface area contributed by atoms with Gasteiger partial charge < -0.3 is 24.9 Å². The van der Waals surface area contributed by atoms with Gasteiger partial charge in [-0.2, -0.15) is 0 Å². The van der Waals surface area contributed by atoms with Crippen LogP contribution in [0, 0.1) is 0 Å². The van der Waals surface area contributed by atoms with Crippen LogP contribution in [0.4, 0.5) is 5.82 Å². The smallest absolute Gasteiger partial charge is 0.306 e. The molecule has 12 heteroatoms. The van der Waals surface area contributed by atoms with Crippen molar-refractivity contribution in [2.75, 3.05) is 39.0 Å². The molecule has 0 saturated heterocycles. The van der Waals surface area contributed by atoms with Gasteiger partial charge in [0, 0.05) is 26.5 Å². The maximum atomic E-state index is 12.3. The molecule has 1 aromatic rings. The van der Waals surface area contributed by atoms with Gasteiger partial charge in [0.1, 0.15) is 12.4 Å². The third-order valence-electron chi connectivity index (χ3n) is 12.1. The summed E-state index contributed by atoms with van der Waals surface area (Å²) >= 11 is 0. The first-order valence-corrected chi connectivity index (χ1v) is 26.3. The summed E-state index contributed by atoms with van der Waals surface area (Å²) in [6.07, 6.45) is 43.2. The topological polar surface area (TPSA) is 165 Å². The summed E-state index contributed by atoms with van der Waals surface area (Å²) in [4.78, 5) is 29.7. The van der Waals surface area contributed by atoms with Gasteiger partial charge in [-0.1, -0.05) is 175 Å². The molecule has 1 rings (SSSR count). The fraction of sp³-hybridized carbons (Fsp3) is 0.902. The van der Waals surface area contributed by atoms with E-state index in [1.54, 1.807) is 0 Å². The maximum absolute atomic E-state index is 12.3. The number of aromatic nitrogens is 2. The Morgan fingerprint density at radius 1 is 0.667 bits per heavy atom. The van der Waals surface area contributed by atoms with Crippen molar-refractivity contribution >= 4 is 23.9 Å². The zero-order valence-electron chi connectivity index (χ0n) is 41.7. The molecule has 0 aliphatic carbocycles. The number of esters is 1. The van der Waals surface area contributed by atoms with Crippen LogP contribution in [0.3, 0.4) is 0 Å². The molecule has 0 aliphatic heterocycles. The second kappa shape index (κ2) is 47.4. The number of hydroxylamine groups is 1.